The number of hydrogen-bond acceptors (Lipinski definition) is 15. The van der Waals surface area contributed by atoms with Gasteiger partial charge in [0.05, 0.1) is 5.75 Å². The van der Waals surface area contributed by atoms with Crippen LogP contribution in [0.2, 0.25) is 0 Å². The zero-order valence-corrected chi connectivity index (χ0v) is 26.8. The number of carbonyl (C=O) groups excluding carboxylic acids is 4. The second-order valence-corrected chi connectivity index (χ2v) is 15.6. The molecule has 0 spiro atoms. The minimum absolute atomic E-state index is 0.133. The molecular formula is C23H36N2O13S4. The van der Waals surface area contributed by atoms with Crippen molar-refractivity contribution >= 4 is 66.4 Å². The van der Waals surface area contributed by atoms with E-state index in [0.29, 0.717) is 5.56 Å². The van der Waals surface area contributed by atoms with Crippen molar-refractivity contribution in [3.05, 3.63) is 22.4 Å². The summed E-state index contributed by atoms with van der Waals surface area (Å²) in [6, 6.07) is -1.41. The molecule has 1 amide bonds. The fraction of sp³-hybridized carbons (Fsp3) is 0.652. The molecule has 0 saturated carbocycles. The van der Waals surface area contributed by atoms with Gasteiger partial charge in [-0.2, -0.15) is 11.3 Å². The van der Waals surface area contributed by atoms with Crippen LogP contribution in [0.3, 0.4) is 0 Å². The van der Waals surface area contributed by atoms with Gasteiger partial charge in [0, 0.05) is 32.1 Å². The molecule has 0 aliphatic carbocycles. The Morgan fingerprint density at radius 1 is 1.05 bits per heavy atom. The van der Waals surface area contributed by atoms with Crippen molar-refractivity contribution in [2.45, 2.75) is 62.3 Å². The minimum atomic E-state index is -3.83. The molecule has 15 nitrogen and oxygen atoms in total. The topological polar surface area (TPSA) is 236 Å². The monoisotopic (exact) mass is 676 g/mol. The lowest BCUT2D eigenvalue weighted by molar-refractivity contribution is -0.167. The van der Waals surface area contributed by atoms with Crippen LogP contribution in [0.1, 0.15) is 39.2 Å². The summed E-state index contributed by atoms with van der Waals surface area (Å²) in [6.07, 6.45) is -1.79. The maximum Gasteiger partial charge on any atom is 0.328 e. The summed E-state index contributed by atoms with van der Waals surface area (Å²) in [6.45, 7) is 2.57. The molecule has 0 aliphatic rings. The van der Waals surface area contributed by atoms with Gasteiger partial charge in [0.25, 0.3) is 0 Å². The van der Waals surface area contributed by atoms with Crippen molar-refractivity contribution in [1.29, 1.82) is 0 Å². The minimum Gasteiger partial charge on any atom is -0.462 e. The average Bonchev–Trinajstić information content (AvgIpc) is 3.38. The third kappa shape index (κ3) is 12.3. The Balaban J connectivity index is 3.26. The van der Waals surface area contributed by atoms with Crippen molar-refractivity contribution in [1.82, 2.24) is 5.32 Å². The highest BCUT2D eigenvalue weighted by Crippen LogP contribution is 2.30. The maximum atomic E-state index is 13.4. The van der Waals surface area contributed by atoms with E-state index in [0.717, 1.165) is 20.1 Å². The lowest BCUT2D eigenvalue weighted by atomic mass is 9.91. The van der Waals surface area contributed by atoms with Gasteiger partial charge in [-0.25, -0.2) is 30.0 Å². The second kappa shape index (κ2) is 16.9. The normalized spacial score (nSPS) is 14.3. The number of amides is 1. The summed E-state index contributed by atoms with van der Waals surface area (Å²) in [4.78, 5) is 48.4. The molecular weight excluding hydrogens is 641 g/mol. The number of esters is 3. The number of nitrogens with one attached hydrogen (secondary N) is 1. The Morgan fingerprint density at radius 2 is 1.60 bits per heavy atom. The van der Waals surface area contributed by atoms with Crippen LogP contribution in [-0.4, -0.2) is 96.6 Å². The Bertz CT molecular complexity index is 1300. The summed E-state index contributed by atoms with van der Waals surface area (Å²) < 4.78 is 85.0. The molecule has 0 fully saturated rings. The van der Waals surface area contributed by atoms with Crippen LogP contribution in [-0.2, 0) is 71.1 Å². The number of ether oxygens (including phenoxy) is 3. The molecule has 3 atom stereocenters. The van der Waals surface area contributed by atoms with E-state index in [1.54, 1.807) is 16.8 Å². The molecule has 0 aromatic carbocycles. The van der Waals surface area contributed by atoms with Crippen LogP contribution in [0, 0.1) is 5.92 Å². The molecule has 1 aromatic rings. The van der Waals surface area contributed by atoms with Crippen LogP contribution in [0.15, 0.2) is 16.8 Å². The molecule has 0 radical (unpaired) electrons. The van der Waals surface area contributed by atoms with E-state index in [4.69, 9.17) is 19.9 Å². The van der Waals surface area contributed by atoms with E-state index in [1.165, 1.54) is 18.3 Å². The predicted molar refractivity (Wildman–Crippen MR) is 153 cm³/mol. The third-order valence-electron chi connectivity index (χ3n) is 5.95. The van der Waals surface area contributed by atoms with Crippen molar-refractivity contribution in [2.75, 3.05) is 25.2 Å². The predicted octanol–water partition coefficient (Wildman–Crippen LogP) is -1.48. The van der Waals surface area contributed by atoms with Gasteiger partial charge in [0.1, 0.15) is 29.1 Å². The molecule has 19 heteroatoms. The second-order valence-electron chi connectivity index (χ2n) is 9.55. The number of nitrogens with two attached hydrogens (primary N) is 1. The molecule has 3 unspecified atom stereocenters. The van der Waals surface area contributed by atoms with Gasteiger partial charge in [-0.15, -0.1) is 0 Å². The maximum absolute atomic E-state index is 13.4. The van der Waals surface area contributed by atoms with Crippen molar-refractivity contribution < 1.29 is 58.6 Å². The highest BCUT2D eigenvalue weighted by atomic mass is 32.2. The lowest BCUT2D eigenvalue weighted by Gasteiger charge is -2.32. The van der Waals surface area contributed by atoms with Crippen LogP contribution in [0.25, 0.3) is 0 Å². The van der Waals surface area contributed by atoms with Crippen molar-refractivity contribution in [3.63, 3.8) is 0 Å². The third-order valence-corrected chi connectivity index (χ3v) is 10.9. The smallest absolute Gasteiger partial charge is 0.328 e. The van der Waals surface area contributed by atoms with Gasteiger partial charge in [0.2, 0.25) is 5.91 Å². The molecule has 1 aromatic heterocycles. The Morgan fingerprint density at radius 3 is 2.02 bits per heavy atom. The van der Waals surface area contributed by atoms with E-state index in [-0.39, 0.29) is 6.42 Å². The van der Waals surface area contributed by atoms with Crippen LogP contribution < -0.4 is 11.1 Å². The quantitative estimate of drug-likeness (QED) is 0.0789. The SMILES string of the molecule is CC(=O)OCC(COC(C)=O)OC(=O)C(C)NC(=O)C(Cc1ccsc1)CC(C(N)CCS(C)(=O)=O)([SH](=O)=O)[SH](=O)=O. The summed E-state index contributed by atoms with van der Waals surface area (Å²) >= 11 is 1.27. The summed E-state index contributed by atoms with van der Waals surface area (Å²) in [7, 11) is -11.3. The van der Waals surface area contributed by atoms with Gasteiger partial charge in [-0.3, -0.25) is 14.4 Å². The Kier molecular flexibility index (Phi) is 15.0. The number of thiophene rings is 1. The van der Waals surface area contributed by atoms with Crippen LogP contribution in [0.4, 0.5) is 0 Å². The number of sulfone groups is 1. The summed E-state index contributed by atoms with van der Waals surface area (Å²) in [5, 5.41) is 5.71. The zero-order valence-electron chi connectivity index (χ0n) is 23.4. The van der Waals surface area contributed by atoms with Crippen molar-refractivity contribution in [3.8, 4) is 0 Å². The first-order chi connectivity index (χ1) is 19.4. The van der Waals surface area contributed by atoms with Crippen molar-refractivity contribution in [2.24, 2.45) is 11.7 Å². The first-order valence-corrected chi connectivity index (χ1v) is 17.8. The largest absolute Gasteiger partial charge is 0.462 e. The number of hydrogen-bond donors (Lipinski definition) is 4. The molecule has 240 valence electrons. The van der Waals surface area contributed by atoms with E-state index in [2.05, 4.69) is 5.32 Å². The highest BCUT2D eigenvalue weighted by Gasteiger charge is 2.48. The summed E-state index contributed by atoms with van der Waals surface area (Å²) in [5.41, 5.74) is 6.55. The molecule has 0 bridgehead atoms. The van der Waals surface area contributed by atoms with Crippen LogP contribution >= 0.6 is 11.3 Å². The molecule has 0 aliphatic heterocycles. The fourth-order valence-corrected chi connectivity index (χ4v) is 7.15. The highest BCUT2D eigenvalue weighted by molar-refractivity contribution is 7.93. The van der Waals surface area contributed by atoms with Crippen LogP contribution in [0.5, 0.6) is 0 Å². The molecule has 3 N–H and O–H groups in total. The molecule has 42 heavy (non-hydrogen) atoms. The van der Waals surface area contributed by atoms with Gasteiger partial charge in [0.15, 0.2) is 31.6 Å². The Hall–Kier alpha value is -2.61. The molecule has 1 heterocycles. The van der Waals surface area contributed by atoms with E-state index >= 15 is 0 Å². The first kappa shape index (κ1) is 37.4. The lowest BCUT2D eigenvalue weighted by Crippen LogP contribution is -2.54. The van der Waals surface area contributed by atoms with E-state index < -0.39 is 115 Å². The fourth-order valence-electron chi connectivity index (χ4n) is 3.72. The Labute approximate surface area is 251 Å². The zero-order chi connectivity index (χ0) is 32.3. The standard InChI is InChI=1S/C23H36N2O13S4/c1-14(22(29)38-19(11-36-15(2)26)12-37-16(3)27)25-21(28)18(9-17-5-7-39-13-17)10-23(40(30)31,41(32)33)20(24)6-8-42(4,34)35/h5,7,13-14,18-20,40-41H,6,8-12,24H2,1-4H3,(H,25,28). The van der Waals surface area contributed by atoms with E-state index in [9.17, 15) is 44.4 Å². The van der Waals surface area contributed by atoms with Gasteiger partial charge in [-0.1, -0.05) is 0 Å². The summed E-state index contributed by atoms with van der Waals surface area (Å²) in [5.74, 6) is -5.25. The molecule has 0 saturated heterocycles. The van der Waals surface area contributed by atoms with Gasteiger partial charge < -0.3 is 25.3 Å². The van der Waals surface area contributed by atoms with Gasteiger partial charge in [-0.05, 0) is 48.6 Å². The average molecular weight is 677 g/mol. The van der Waals surface area contributed by atoms with E-state index in [1.807, 2.05) is 0 Å². The molecule has 1 rings (SSSR count). The first-order valence-electron chi connectivity index (χ1n) is 12.4. The number of rotatable bonds is 18. The number of carbonyl (C=O) groups is 4. The van der Waals surface area contributed by atoms with Gasteiger partial charge >= 0.3 is 17.9 Å². The number of thiol groups is 2.